The fourth-order valence-electron chi connectivity index (χ4n) is 4.45. The van der Waals surface area contributed by atoms with E-state index in [4.69, 9.17) is 16.6 Å². The van der Waals surface area contributed by atoms with Crippen LogP contribution < -0.4 is 5.32 Å². The molecule has 33 heavy (non-hydrogen) atoms. The number of pyridine rings is 1. The summed E-state index contributed by atoms with van der Waals surface area (Å²) in [5, 5.41) is 4.75. The van der Waals surface area contributed by atoms with Crippen LogP contribution in [0.15, 0.2) is 78.9 Å². The smallest absolute Gasteiger partial charge is 0.238 e. The zero-order chi connectivity index (χ0) is 22.6. The second-order valence-corrected chi connectivity index (χ2v) is 8.98. The molecule has 0 bridgehead atoms. The molecule has 1 aliphatic rings. The van der Waals surface area contributed by atoms with Crippen molar-refractivity contribution in [3.05, 3.63) is 83.9 Å². The van der Waals surface area contributed by atoms with E-state index < -0.39 is 0 Å². The zero-order valence-corrected chi connectivity index (χ0v) is 19.2. The molecule has 1 N–H and O–H groups in total. The Hall–Kier alpha value is -3.21. The molecule has 0 radical (unpaired) electrons. The van der Waals surface area contributed by atoms with E-state index in [-0.39, 0.29) is 5.91 Å². The largest absolute Gasteiger partial charge is 0.325 e. The molecule has 5 rings (SSSR count). The Kier molecular flexibility index (Phi) is 6.38. The summed E-state index contributed by atoms with van der Waals surface area (Å²) in [6.07, 6.45) is 3.62. The molecule has 1 aromatic heterocycles. The summed E-state index contributed by atoms with van der Waals surface area (Å²) < 4.78 is 0. The number of hydrogen-bond acceptors (Lipinski definition) is 3. The van der Waals surface area contributed by atoms with Gasteiger partial charge in [0.05, 0.1) is 17.8 Å². The molecular weight excluding hydrogens is 430 g/mol. The Bertz CT molecular complexity index is 1270. The van der Waals surface area contributed by atoms with Crippen LogP contribution in [0.2, 0.25) is 5.02 Å². The van der Waals surface area contributed by atoms with Gasteiger partial charge in [-0.05, 0) is 73.5 Å². The number of anilines is 1. The molecule has 5 heteroatoms. The van der Waals surface area contributed by atoms with E-state index >= 15 is 0 Å². The Labute approximate surface area is 199 Å². The quantitative estimate of drug-likeness (QED) is 0.366. The number of carbonyl (C=O) groups is 1. The van der Waals surface area contributed by atoms with Crippen molar-refractivity contribution in [3.63, 3.8) is 0 Å². The van der Waals surface area contributed by atoms with Crippen LogP contribution in [0.3, 0.4) is 0 Å². The molecular formula is C28H26ClN3O. The number of halogens is 1. The van der Waals surface area contributed by atoms with Gasteiger partial charge in [-0.3, -0.25) is 9.69 Å². The van der Waals surface area contributed by atoms with E-state index in [1.165, 1.54) is 19.3 Å². The van der Waals surface area contributed by atoms with Gasteiger partial charge in [0.25, 0.3) is 0 Å². The molecule has 4 nitrogen and oxygen atoms in total. The fourth-order valence-corrected chi connectivity index (χ4v) is 4.62. The van der Waals surface area contributed by atoms with Crippen LogP contribution in [0.5, 0.6) is 0 Å². The molecule has 1 amide bonds. The number of benzene rings is 3. The van der Waals surface area contributed by atoms with Crippen LogP contribution in [0.4, 0.5) is 5.69 Å². The van der Waals surface area contributed by atoms with Crippen molar-refractivity contribution in [2.24, 2.45) is 0 Å². The SMILES string of the molecule is O=C(CN1CCCCC1)Nc1ccc(-c2cc(-c3ccccc3)c3cc(Cl)ccc3n2)cc1. The summed E-state index contributed by atoms with van der Waals surface area (Å²) in [6.45, 7) is 2.47. The van der Waals surface area contributed by atoms with Gasteiger partial charge in [-0.25, -0.2) is 4.98 Å². The zero-order valence-electron chi connectivity index (χ0n) is 18.4. The first-order valence-electron chi connectivity index (χ1n) is 11.4. The highest BCUT2D eigenvalue weighted by atomic mass is 35.5. The Morgan fingerprint density at radius 3 is 2.39 bits per heavy atom. The van der Waals surface area contributed by atoms with Gasteiger partial charge in [0.1, 0.15) is 0 Å². The summed E-state index contributed by atoms with van der Waals surface area (Å²) in [7, 11) is 0. The van der Waals surface area contributed by atoms with E-state index in [1.54, 1.807) is 0 Å². The number of rotatable bonds is 5. The molecule has 0 aliphatic carbocycles. The van der Waals surface area contributed by atoms with Crippen LogP contribution in [-0.4, -0.2) is 35.4 Å². The summed E-state index contributed by atoms with van der Waals surface area (Å²) in [4.78, 5) is 19.5. The minimum Gasteiger partial charge on any atom is -0.325 e. The van der Waals surface area contributed by atoms with Crippen LogP contribution in [0.1, 0.15) is 19.3 Å². The van der Waals surface area contributed by atoms with Gasteiger partial charge in [0.2, 0.25) is 5.91 Å². The number of aromatic nitrogens is 1. The summed E-state index contributed by atoms with van der Waals surface area (Å²) in [6, 6.07) is 26.1. The van der Waals surface area contributed by atoms with Gasteiger partial charge in [0, 0.05) is 21.7 Å². The maximum atomic E-state index is 12.4. The number of piperidine rings is 1. The Morgan fingerprint density at radius 2 is 1.64 bits per heavy atom. The second-order valence-electron chi connectivity index (χ2n) is 8.54. The van der Waals surface area contributed by atoms with Gasteiger partial charge in [-0.1, -0.05) is 60.5 Å². The lowest BCUT2D eigenvalue weighted by Crippen LogP contribution is -2.36. The fraction of sp³-hybridized carbons (Fsp3) is 0.214. The first-order chi connectivity index (χ1) is 16.2. The van der Waals surface area contributed by atoms with Gasteiger partial charge in [0.15, 0.2) is 0 Å². The molecule has 3 aromatic carbocycles. The standard InChI is InChI=1S/C28H26ClN3O/c29-22-11-14-26-25(17-22)24(20-7-3-1-4-8-20)18-27(31-26)21-9-12-23(13-10-21)30-28(33)19-32-15-5-2-6-16-32/h1,3-4,7-14,17-18H,2,5-6,15-16,19H2,(H,30,33). The molecule has 1 aliphatic heterocycles. The molecule has 1 fully saturated rings. The maximum Gasteiger partial charge on any atom is 0.238 e. The summed E-state index contributed by atoms with van der Waals surface area (Å²) >= 11 is 6.29. The topological polar surface area (TPSA) is 45.2 Å². The molecule has 2 heterocycles. The first-order valence-corrected chi connectivity index (χ1v) is 11.8. The third-order valence-corrected chi connectivity index (χ3v) is 6.37. The van der Waals surface area contributed by atoms with Crippen LogP contribution >= 0.6 is 11.6 Å². The normalized spacial score (nSPS) is 14.3. The van der Waals surface area contributed by atoms with Gasteiger partial charge in [-0.2, -0.15) is 0 Å². The van der Waals surface area contributed by atoms with E-state index in [0.717, 1.165) is 52.1 Å². The number of nitrogens with zero attached hydrogens (tertiary/aromatic N) is 2. The van der Waals surface area contributed by atoms with E-state index in [2.05, 4.69) is 28.4 Å². The summed E-state index contributed by atoms with van der Waals surface area (Å²) in [5.41, 5.74) is 5.80. The van der Waals surface area contributed by atoms with Crippen molar-refractivity contribution in [2.45, 2.75) is 19.3 Å². The Balaban J connectivity index is 1.41. The van der Waals surface area contributed by atoms with Gasteiger partial charge in [-0.15, -0.1) is 0 Å². The van der Waals surface area contributed by atoms with Crippen molar-refractivity contribution in [1.82, 2.24) is 9.88 Å². The van der Waals surface area contributed by atoms with Crippen molar-refractivity contribution < 1.29 is 4.79 Å². The molecule has 4 aromatic rings. The van der Waals surface area contributed by atoms with Crippen molar-refractivity contribution in [3.8, 4) is 22.4 Å². The third kappa shape index (κ3) is 5.08. The van der Waals surface area contributed by atoms with Crippen LogP contribution in [-0.2, 0) is 4.79 Å². The van der Waals surface area contributed by atoms with Gasteiger partial charge < -0.3 is 5.32 Å². The predicted molar refractivity (Wildman–Crippen MR) is 137 cm³/mol. The average molecular weight is 456 g/mol. The molecule has 0 spiro atoms. The number of nitrogens with one attached hydrogen (secondary N) is 1. The van der Waals surface area contributed by atoms with Gasteiger partial charge >= 0.3 is 0 Å². The number of amides is 1. The highest BCUT2D eigenvalue weighted by Gasteiger charge is 2.14. The van der Waals surface area contributed by atoms with Crippen molar-refractivity contribution in [1.29, 1.82) is 0 Å². The molecule has 166 valence electrons. The molecule has 0 atom stereocenters. The minimum absolute atomic E-state index is 0.0386. The third-order valence-electron chi connectivity index (χ3n) is 6.14. The molecule has 0 unspecified atom stereocenters. The monoisotopic (exact) mass is 455 g/mol. The highest BCUT2D eigenvalue weighted by molar-refractivity contribution is 6.31. The molecule has 1 saturated heterocycles. The van der Waals surface area contributed by atoms with E-state index in [9.17, 15) is 4.79 Å². The van der Waals surface area contributed by atoms with E-state index in [0.29, 0.717) is 11.6 Å². The lowest BCUT2D eigenvalue weighted by Gasteiger charge is -2.25. The minimum atomic E-state index is 0.0386. The summed E-state index contributed by atoms with van der Waals surface area (Å²) in [5.74, 6) is 0.0386. The first kappa shape index (κ1) is 21.6. The highest BCUT2D eigenvalue weighted by Crippen LogP contribution is 2.33. The average Bonchev–Trinajstić information content (AvgIpc) is 2.85. The maximum absolute atomic E-state index is 12.4. The number of carbonyl (C=O) groups excluding carboxylic acids is 1. The van der Waals surface area contributed by atoms with Crippen molar-refractivity contribution >= 4 is 34.1 Å². The molecule has 0 saturated carbocycles. The Morgan fingerprint density at radius 1 is 0.879 bits per heavy atom. The number of likely N-dealkylation sites (tertiary alicyclic amines) is 1. The predicted octanol–water partition coefficient (Wildman–Crippen LogP) is 6.65. The van der Waals surface area contributed by atoms with Crippen molar-refractivity contribution in [2.75, 3.05) is 25.0 Å². The number of fused-ring (bicyclic) bond motifs is 1. The van der Waals surface area contributed by atoms with Crippen LogP contribution in [0.25, 0.3) is 33.3 Å². The lowest BCUT2D eigenvalue weighted by molar-refractivity contribution is -0.117. The second kappa shape index (κ2) is 9.74. The van der Waals surface area contributed by atoms with E-state index in [1.807, 2.05) is 60.7 Å². The van der Waals surface area contributed by atoms with Crippen LogP contribution in [0, 0.1) is 0 Å². The number of hydrogen-bond donors (Lipinski definition) is 1. The lowest BCUT2D eigenvalue weighted by atomic mass is 9.98.